The molecule has 0 fully saturated rings. The number of hydrogen-bond donors (Lipinski definition) is 1. The van der Waals surface area contributed by atoms with E-state index in [1.54, 1.807) is 30.3 Å². The van der Waals surface area contributed by atoms with Crippen molar-refractivity contribution in [3.63, 3.8) is 0 Å². The van der Waals surface area contributed by atoms with Crippen LogP contribution in [0.1, 0.15) is 22.3 Å². The molecule has 0 aliphatic rings. The molecule has 0 aromatic heterocycles. The van der Waals surface area contributed by atoms with Gasteiger partial charge in [0, 0.05) is 0 Å². The van der Waals surface area contributed by atoms with E-state index in [1.807, 2.05) is 0 Å². The largest absolute Gasteiger partial charge is 0.416 e. The lowest BCUT2D eigenvalue weighted by molar-refractivity contribution is -0.145. The predicted octanol–water partition coefficient (Wildman–Crippen LogP) is 10.5. The van der Waals surface area contributed by atoms with Crippen molar-refractivity contribution in [1.82, 2.24) is 0 Å². The molecular formula is C34H20F12N2O6S2. The molecule has 0 bridgehead atoms. The van der Waals surface area contributed by atoms with Gasteiger partial charge in [0.15, 0.2) is 0 Å². The van der Waals surface area contributed by atoms with Crippen LogP contribution in [0, 0.1) is 0 Å². The van der Waals surface area contributed by atoms with Gasteiger partial charge in [-0.05, 0) is 97.1 Å². The first-order chi connectivity index (χ1) is 25.7. The van der Waals surface area contributed by atoms with Crippen LogP contribution < -0.4 is 18.8 Å². The number of para-hydroxylation sites is 1. The van der Waals surface area contributed by atoms with Crippen LogP contribution in [0.5, 0.6) is 11.5 Å². The molecule has 0 saturated carbocycles. The molecule has 0 aliphatic heterocycles. The fourth-order valence-corrected chi connectivity index (χ4v) is 6.72. The molecule has 56 heavy (non-hydrogen) atoms. The summed E-state index contributed by atoms with van der Waals surface area (Å²) >= 11 is 0. The molecule has 5 aromatic carbocycles. The van der Waals surface area contributed by atoms with Gasteiger partial charge in [0.2, 0.25) is 0 Å². The van der Waals surface area contributed by atoms with Crippen LogP contribution in [-0.4, -0.2) is 16.8 Å². The highest BCUT2D eigenvalue weighted by Gasteiger charge is 2.40. The summed E-state index contributed by atoms with van der Waals surface area (Å²) in [7, 11) is -10.6. The third-order valence-electron chi connectivity index (χ3n) is 7.32. The second kappa shape index (κ2) is 14.8. The smallest absolute Gasteiger partial charge is 0.379 e. The SMILES string of the molecule is O=S(=O)(Oc1ccc(N(Nc2ccccc2)c2ccc(OS(=O)(=O)c3cc(C(F)(F)F)cc(C(F)(F)F)c3)cc2)cc1)c1cc(C(F)(F)F)cc(C(F)(F)F)c1. The molecule has 8 nitrogen and oxygen atoms in total. The van der Waals surface area contributed by atoms with E-state index in [1.165, 1.54) is 29.3 Å². The summed E-state index contributed by atoms with van der Waals surface area (Å²) in [5.41, 5.74) is -3.88. The Balaban J connectivity index is 1.44. The van der Waals surface area contributed by atoms with Crippen molar-refractivity contribution in [2.45, 2.75) is 34.5 Å². The highest BCUT2D eigenvalue weighted by molar-refractivity contribution is 7.87. The Morgan fingerprint density at radius 3 is 1.02 bits per heavy atom. The van der Waals surface area contributed by atoms with Gasteiger partial charge in [-0.25, -0.2) is 0 Å². The topological polar surface area (TPSA) is 102 Å². The van der Waals surface area contributed by atoms with Crippen molar-refractivity contribution in [2.75, 3.05) is 10.4 Å². The number of halogens is 12. The maximum absolute atomic E-state index is 13.3. The van der Waals surface area contributed by atoms with E-state index < -0.39 is 88.5 Å². The Bertz CT molecular complexity index is 2200. The maximum atomic E-state index is 13.3. The van der Waals surface area contributed by atoms with Crippen LogP contribution in [0.2, 0.25) is 0 Å². The summed E-state index contributed by atoms with van der Waals surface area (Å²) in [5, 5.41) is 1.30. The lowest BCUT2D eigenvalue weighted by Crippen LogP contribution is -2.24. The quantitative estimate of drug-likeness (QED) is 0.0843. The Morgan fingerprint density at radius 1 is 0.429 bits per heavy atom. The summed E-state index contributed by atoms with van der Waals surface area (Å²) in [6, 6.07) is 16.3. The maximum Gasteiger partial charge on any atom is 0.416 e. The van der Waals surface area contributed by atoms with Gasteiger partial charge in [0.1, 0.15) is 21.3 Å². The van der Waals surface area contributed by atoms with Gasteiger partial charge in [-0.1, -0.05) is 18.2 Å². The van der Waals surface area contributed by atoms with E-state index in [9.17, 15) is 69.5 Å². The lowest BCUT2D eigenvalue weighted by atomic mass is 10.1. The number of nitrogens with one attached hydrogen (secondary N) is 1. The molecular weight excluding hydrogens is 824 g/mol. The van der Waals surface area contributed by atoms with Gasteiger partial charge in [0.05, 0.1) is 39.3 Å². The summed E-state index contributed by atoms with van der Waals surface area (Å²) in [6.07, 6.45) is -21.4. The molecule has 0 heterocycles. The minimum absolute atomic E-state index is 0.0253. The fraction of sp³-hybridized carbons (Fsp3) is 0.118. The average Bonchev–Trinajstić information content (AvgIpc) is 3.10. The van der Waals surface area contributed by atoms with E-state index in [2.05, 4.69) is 5.43 Å². The highest BCUT2D eigenvalue weighted by Crippen LogP contribution is 2.40. The molecule has 0 aliphatic carbocycles. The van der Waals surface area contributed by atoms with Crippen molar-refractivity contribution >= 4 is 37.3 Å². The standard InChI is InChI=1S/C34H20F12N2O6S2/c35-31(36,37)20-14-21(32(38,39)40)17-29(16-20)55(49,50)53-27-10-6-25(7-11-27)48(47-24-4-2-1-3-5-24)26-8-12-28(13-9-26)54-56(51,52)30-18-22(33(41,42)43)15-23(19-30)34(44,45)46/h1-19,47H. The molecule has 5 rings (SSSR count). The summed E-state index contributed by atoms with van der Waals surface area (Å²) < 4.78 is 221. The van der Waals surface area contributed by atoms with E-state index in [0.29, 0.717) is 5.69 Å². The van der Waals surface area contributed by atoms with Gasteiger partial charge in [-0.3, -0.25) is 10.4 Å². The van der Waals surface area contributed by atoms with Crippen LogP contribution in [0.4, 0.5) is 69.7 Å². The molecule has 22 heteroatoms. The van der Waals surface area contributed by atoms with Crippen molar-refractivity contribution in [3.05, 3.63) is 138 Å². The zero-order valence-electron chi connectivity index (χ0n) is 27.2. The monoisotopic (exact) mass is 844 g/mol. The molecule has 0 radical (unpaired) electrons. The first-order valence-corrected chi connectivity index (χ1v) is 17.8. The highest BCUT2D eigenvalue weighted by atomic mass is 32.2. The van der Waals surface area contributed by atoms with Crippen LogP contribution in [0.15, 0.2) is 125 Å². The minimum atomic E-state index is -5.34. The summed E-state index contributed by atoms with van der Waals surface area (Å²) in [4.78, 5) is -2.87. The Kier molecular flexibility index (Phi) is 11.0. The van der Waals surface area contributed by atoms with Gasteiger partial charge >= 0.3 is 44.9 Å². The molecule has 5 aromatic rings. The molecule has 0 unspecified atom stereocenters. The normalized spacial score (nSPS) is 12.9. The molecule has 0 atom stereocenters. The van der Waals surface area contributed by atoms with Crippen LogP contribution in [0.25, 0.3) is 0 Å². The van der Waals surface area contributed by atoms with Gasteiger partial charge in [-0.2, -0.15) is 69.5 Å². The third kappa shape index (κ3) is 9.96. The van der Waals surface area contributed by atoms with Crippen molar-refractivity contribution in [2.24, 2.45) is 0 Å². The second-order valence-electron chi connectivity index (χ2n) is 11.4. The van der Waals surface area contributed by atoms with Gasteiger partial charge < -0.3 is 8.37 Å². The second-order valence-corrected chi connectivity index (χ2v) is 14.5. The predicted molar refractivity (Wildman–Crippen MR) is 174 cm³/mol. The van der Waals surface area contributed by atoms with E-state index >= 15 is 0 Å². The number of anilines is 3. The number of nitrogens with zero attached hydrogens (tertiary/aromatic N) is 1. The number of benzene rings is 5. The van der Waals surface area contributed by atoms with Crippen molar-refractivity contribution in [3.8, 4) is 11.5 Å². The Labute approximate surface area is 308 Å². The Morgan fingerprint density at radius 2 is 0.732 bits per heavy atom. The van der Waals surface area contributed by atoms with Gasteiger partial charge in [-0.15, -0.1) is 0 Å². The molecule has 0 spiro atoms. The minimum Gasteiger partial charge on any atom is -0.379 e. The first kappa shape index (κ1) is 41.5. The number of hydrogen-bond acceptors (Lipinski definition) is 8. The van der Waals surface area contributed by atoms with Crippen LogP contribution in [-0.2, 0) is 44.9 Å². The van der Waals surface area contributed by atoms with Crippen LogP contribution >= 0.6 is 0 Å². The zero-order valence-corrected chi connectivity index (χ0v) is 28.9. The summed E-state index contributed by atoms with van der Waals surface area (Å²) in [5.74, 6) is -1.09. The molecule has 0 amide bonds. The fourth-order valence-electron chi connectivity index (χ4n) is 4.71. The molecule has 298 valence electrons. The molecule has 1 N–H and O–H groups in total. The average molecular weight is 845 g/mol. The first-order valence-electron chi connectivity index (χ1n) is 15.0. The number of rotatable bonds is 10. The number of hydrazine groups is 1. The van der Waals surface area contributed by atoms with E-state index in [-0.39, 0.29) is 47.8 Å². The van der Waals surface area contributed by atoms with E-state index in [4.69, 9.17) is 8.37 Å². The third-order valence-corrected chi connectivity index (χ3v) is 9.77. The summed E-state index contributed by atoms with van der Waals surface area (Å²) in [6.45, 7) is 0. The zero-order chi connectivity index (χ0) is 41.5. The number of alkyl halides is 12. The Hall–Kier alpha value is -5.64. The van der Waals surface area contributed by atoms with Crippen LogP contribution in [0.3, 0.4) is 0 Å². The van der Waals surface area contributed by atoms with Gasteiger partial charge in [0.25, 0.3) is 0 Å². The van der Waals surface area contributed by atoms with Crippen molar-refractivity contribution < 1.29 is 77.9 Å². The lowest BCUT2D eigenvalue weighted by Gasteiger charge is -2.27. The van der Waals surface area contributed by atoms with Crippen molar-refractivity contribution in [1.29, 1.82) is 0 Å². The molecule has 0 saturated heterocycles. The van der Waals surface area contributed by atoms with E-state index in [0.717, 1.165) is 24.3 Å².